The summed E-state index contributed by atoms with van der Waals surface area (Å²) in [7, 11) is 0. The standard InChI is InChI=1S/C20H29N5O3/c1-12(2)17-10-15(16-11-21-25(13(3)4)18(16)23-17)19(26)22-14(5)20(27)24-6-8-28-9-7-24/h10-14H,6-9H2,1-5H3,(H,22,26). The highest BCUT2D eigenvalue weighted by Gasteiger charge is 2.26. The molecule has 0 radical (unpaired) electrons. The van der Waals surface area contributed by atoms with Gasteiger partial charge in [-0.25, -0.2) is 9.67 Å². The molecule has 8 nitrogen and oxygen atoms in total. The summed E-state index contributed by atoms with van der Waals surface area (Å²) in [4.78, 5) is 32.1. The van der Waals surface area contributed by atoms with Gasteiger partial charge in [-0.3, -0.25) is 9.59 Å². The first-order chi connectivity index (χ1) is 13.3. The Balaban J connectivity index is 1.89. The molecule has 1 unspecified atom stereocenters. The zero-order valence-electron chi connectivity index (χ0n) is 17.2. The minimum absolute atomic E-state index is 0.0936. The maximum absolute atomic E-state index is 13.0. The lowest BCUT2D eigenvalue weighted by Crippen LogP contribution is -2.50. The maximum Gasteiger partial charge on any atom is 0.252 e. The molecule has 0 spiro atoms. The Labute approximate surface area is 165 Å². The zero-order valence-corrected chi connectivity index (χ0v) is 17.2. The van der Waals surface area contributed by atoms with Crippen molar-refractivity contribution in [2.24, 2.45) is 0 Å². The van der Waals surface area contributed by atoms with Crippen LogP contribution in [0.5, 0.6) is 0 Å². The fraction of sp³-hybridized carbons (Fsp3) is 0.600. The molecule has 0 saturated carbocycles. The highest BCUT2D eigenvalue weighted by molar-refractivity contribution is 6.06. The van der Waals surface area contributed by atoms with E-state index in [1.165, 1.54) is 0 Å². The van der Waals surface area contributed by atoms with Crippen molar-refractivity contribution >= 4 is 22.8 Å². The molecule has 0 bridgehead atoms. The molecule has 0 aromatic carbocycles. The highest BCUT2D eigenvalue weighted by Crippen LogP contribution is 2.24. The van der Waals surface area contributed by atoms with Crippen LogP contribution in [0.25, 0.3) is 11.0 Å². The van der Waals surface area contributed by atoms with E-state index in [-0.39, 0.29) is 23.8 Å². The molecule has 0 aliphatic carbocycles. The van der Waals surface area contributed by atoms with E-state index < -0.39 is 6.04 Å². The number of fused-ring (bicyclic) bond motifs is 1. The number of carbonyl (C=O) groups excluding carboxylic acids is 2. The van der Waals surface area contributed by atoms with Crippen LogP contribution in [-0.2, 0) is 9.53 Å². The summed E-state index contributed by atoms with van der Waals surface area (Å²) in [5.41, 5.74) is 2.02. The Kier molecular flexibility index (Phi) is 5.98. The van der Waals surface area contributed by atoms with Gasteiger partial charge in [0.05, 0.1) is 30.4 Å². The molecule has 1 aliphatic rings. The Morgan fingerprint density at radius 3 is 2.43 bits per heavy atom. The van der Waals surface area contributed by atoms with Gasteiger partial charge in [0, 0.05) is 24.8 Å². The summed E-state index contributed by atoms with van der Waals surface area (Å²) in [6, 6.07) is 1.32. The average Bonchev–Trinajstić information content (AvgIpc) is 3.11. The number of ether oxygens (including phenoxy) is 1. The number of amides is 2. The second-order valence-corrected chi connectivity index (χ2v) is 7.80. The summed E-state index contributed by atoms with van der Waals surface area (Å²) in [5.74, 6) is -0.213. The van der Waals surface area contributed by atoms with Gasteiger partial charge in [0.25, 0.3) is 5.91 Å². The Bertz CT molecular complexity index is 868. The molecule has 2 aromatic heterocycles. The van der Waals surface area contributed by atoms with Gasteiger partial charge in [-0.15, -0.1) is 0 Å². The van der Waals surface area contributed by atoms with Crippen LogP contribution in [0.15, 0.2) is 12.3 Å². The summed E-state index contributed by atoms with van der Waals surface area (Å²) < 4.78 is 7.11. The minimum Gasteiger partial charge on any atom is -0.378 e. The van der Waals surface area contributed by atoms with Crippen LogP contribution < -0.4 is 5.32 Å². The van der Waals surface area contributed by atoms with Crippen molar-refractivity contribution in [1.82, 2.24) is 25.0 Å². The molecule has 3 heterocycles. The summed E-state index contributed by atoms with van der Waals surface area (Å²) in [6.45, 7) is 12.0. The van der Waals surface area contributed by atoms with Crippen molar-refractivity contribution in [2.75, 3.05) is 26.3 Å². The van der Waals surface area contributed by atoms with Gasteiger partial charge in [-0.2, -0.15) is 5.10 Å². The fourth-order valence-electron chi connectivity index (χ4n) is 3.29. The molecule has 1 aliphatic heterocycles. The smallest absolute Gasteiger partial charge is 0.252 e. The number of hydrogen-bond donors (Lipinski definition) is 1. The maximum atomic E-state index is 13.0. The number of morpholine rings is 1. The van der Waals surface area contributed by atoms with E-state index in [1.54, 1.807) is 24.1 Å². The van der Waals surface area contributed by atoms with Crippen LogP contribution >= 0.6 is 0 Å². The number of rotatable bonds is 5. The van der Waals surface area contributed by atoms with E-state index in [4.69, 9.17) is 9.72 Å². The molecule has 1 saturated heterocycles. The van der Waals surface area contributed by atoms with Crippen molar-refractivity contribution in [3.8, 4) is 0 Å². The Hall–Kier alpha value is -2.48. The molecular weight excluding hydrogens is 358 g/mol. The van der Waals surface area contributed by atoms with E-state index in [0.717, 1.165) is 5.69 Å². The normalized spacial score (nSPS) is 16.0. The molecule has 3 rings (SSSR count). The summed E-state index contributed by atoms with van der Waals surface area (Å²) in [6.07, 6.45) is 1.68. The second-order valence-electron chi connectivity index (χ2n) is 7.80. The van der Waals surface area contributed by atoms with Crippen molar-refractivity contribution in [1.29, 1.82) is 0 Å². The van der Waals surface area contributed by atoms with Gasteiger partial charge in [0.15, 0.2) is 5.65 Å². The van der Waals surface area contributed by atoms with E-state index in [1.807, 2.05) is 32.4 Å². The lowest BCUT2D eigenvalue weighted by molar-refractivity contribution is -0.136. The lowest BCUT2D eigenvalue weighted by atomic mass is 10.0. The Morgan fingerprint density at radius 2 is 1.82 bits per heavy atom. The molecular formula is C20H29N5O3. The van der Waals surface area contributed by atoms with Gasteiger partial charge in [0.2, 0.25) is 5.91 Å². The van der Waals surface area contributed by atoms with Gasteiger partial charge >= 0.3 is 0 Å². The molecule has 152 valence electrons. The van der Waals surface area contributed by atoms with Crippen molar-refractivity contribution < 1.29 is 14.3 Å². The number of pyridine rings is 1. The predicted octanol–water partition coefficient (Wildman–Crippen LogP) is 2.11. The Morgan fingerprint density at radius 1 is 1.14 bits per heavy atom. The third-order valence-electron chi connectivity index (χ3n) is 4.95. The molecule has 1 atom stereocenters. The first-order valence-corrected chi connectivity index (χ1v) is 9.85. The third kappa shape index (κ3) is 4.01. The van der Waals surface area contributed by atoms with Crippen molar-refractivity contribution in [3.05, 3.63) is 23.5 Å². The molecule has 2 amide bonds. The minimum atomic E-state index is -0.614. The highest BCUT2D eigenvalue weighted by atomic mass is 16.5. The number of nitrogens with one attached hydrogen (secondary N) is 1. The van der Waals surface area contributed by atoms with Crippen LogP contribution in [0.4, 0.5) is 0 Å². The second kappa shape index (κ2) is 8.26. The van der Waals surface area contributed by atoms with Gasteiger partial charge in [0.1, 0.15) is 6.04 Å². The monoisotopic (exact) mass is 387 g/mol. The van der Waals surface area contributed by atoms with Gasteiger partial charge in [-0.1, -0.05) is 13.8 Å². The van der Waals surface area contributed by atoms with Crippen LogP contribution in [-0.4, -0.2) is 63.8 Å². The number of nitrogens with zero attached hydrogens (tertiary/aromatic N) is 4. The fourth-order valence-corrected chi connectivity index (χ4v) is 3.29. The van der Waals surface area contributed by atoms with E-state index in [9.17, 15) is 9.59 Å². The summed E-state index contributed by atoms with van der Waals surface area (Å²) >= 11 is 0. The first-order valence-electron chi connectivity index (χ1n) is 9.85. The predicted molar refractivity (Wildman–Crippen MR) is 106 cm³/mol. The zero-order chi connectivity index (χ0) is 20.4. The molecule has 2 aromatic rings. The van der Waals surface area contributed by atoms with Gasteiger partial charge < -0.3 is 15.0 Å². The first kappa shape index (κ1) is 20.3. The van der Waals surface area contributed by atoms with Crippen LogP contribution in [0, 0.1) is 0 Å². The van der Waals surface area contributed by atoms with Gasteiger partial charge in [-0.05, 0) is 32.8 Å². The topological polar surface area (TPSA) is 89.3 Å². The SMILES string of the molecule is CC(NC(=O)c1cc(C(C)C)nc2c1cnn2C(C)C)C(=O)N1CCOCC1. The van der Waals surface area contributed by atoms with E-state index in [2.05, 4.69) is 10.4 Å². The van der Waals surface area contributed by atoms with Crippen LogP contribution in [0.2, 0.25) is 0 Å². The van der Waals surface area contributed by atoms with Crippen molar-refractivity contribution in [3.63, 3.8) is 0 Å². The number of carbonyl (C=O) groups is 2. The number of aromatic nitrogens is 3. The number of hydrogen-bond acceptors (Lipinski definition) is 5. The van der Waals surface area contributed by atoms with Crippen LogP contribution in [0.1, 0.15) is 62.6 Å². The average molecular weight is 387 g/mol. The quantitative estimate of drug-likeness (QED) is 0.849. The third-order valence-corrected chi connectivity index (χ3v) is 4.95. The molecule has 1 N–H and O–H groups in total. The molecule has 1 fully saturated rings. The summed E-state index contributed by atoms with van der Waals surface area (Å²) in [5, 5.41) is 7.96. The van der Waals surface area contributed by atoms with Crippen molar-refractivity contribution in [2.45, 2.75) is 52.6 Å². The van der Waals surface area contributed by atoms with Crippen LogP contribution in [0.3, 0.4) is 0 Å². The largest absolute Gasteiger partial charge is 0.378 e. The molecule has 8 heteroatoms. The van der Waals surface area contributed by atoms with E-state index >= 15 is 0 Å². The lowest BCUT2D eigenvalue weighted by Gasteiger charge is -2.29. The van der Waals surface area contributed by atoms with E-state index in [0.29, 0.717) is 42.9 Å². The molecule has 28 heavy (non-hydrogen) atoms.